The number of aryl methyl sites for hydroxylation is 2. The van der Waals surface area contributed by atoms with Crippen LogP contribution in [0.4, 0.5) is 0 Å². The fraction of sp³-hybridized carbons (Fsp3) is 0.250. The molecule has 2 amide bonds. The number of nitrogens with one attached hydrogen (secondary N) is 2. The summed E-state index contributed by atoms with van der Waals surface area (Å²) >= 11 is 0. The number of rotatable bonds is 10. The van der Waals surface area contributed by atoms with Crippen LogP contribution in [0, 0.1) is 0 Å². The number of benzene rings is 1. The van der Waals surface area contributed by atoms with Crippen molar-refractivity contribution in [3.05, 3.63) is 83.5 Å². The second-order valence-corrected chi connectivity index (χ2v) is 7.06. The molecule has 3 aromatic rings. The molecule has 0 saturated carbocycles. The van der Waals surface area contributed by atoms with Gasteiger partial charge in [-0.05, 0) is 49.3 Å². The van der Waals surface area contributed by atoms with E-state index in [0.717, 1.165) is 35.6 Å². The summed E-state index contributed by atoms with van der Waals surface area (Å²) in [7, 11) is 0. The van der Waals surface area contributed by atoms with Crippen molar-refractivity contribution in [3.63, 3.8) is 0 Å². The first-order valence-electron chi connectivity index (χ1n) is 10.6. The summed E-state index contributed by atoms with van der Waals surface area (Å²) < 4.78 is 3.63. The lowest BCUT2D eigenvalue weighted by Gasteiger charge is -2.06. The summed E-state index contributed by atoms with van der Waals surface area (Å²) in [6.45, 7) is 6.36. The molecule has 0 bridgehead atoms. The fourth-order valence-electron chi connectivity index (χ4n) is 3.09. The third-order valence-electron chi connectivity index (χ3n) is 4.87. The standard InChI is InChI=1S/C24H28N6O2/c1-3-29-21(13-15-27-29)9-11-23(31)25-17-19-5-7-20(8-6-19)18-26-24(32)12-10-22-14-16-28-30(22)4-2/h5-16H,3-4,17-18H2,1-2H3,(H,25,31)(H,26,32)/b11-9+,12-10+. The molecule has 2 heterocycles. The molecule has 0 unspecified atom stereocenters. The van der Waals surface area contributed by atoms with Crippen LogP contribution in [0.3, 0.4) is 0 Å². The predicted octanol–water partition coefficient (Wildman–Crippen LogP) is 2.78. The van der Waals surface area contributed by atoms with Gasteiger partial charge in [-0.3, -0.25) is 19.0 Å². The Morgan fingerprint density at radius 1 is 0.750 bits per heavy atom. The largest absolute Gasteiger partial charge is 0.348 e. The summed E-state index contributed by atoms with van der Waals surface area (Å²) in [5.74, 6) is -0.331. The van der Waals surface area contributed by atoms with E-state index < -0.39 is 0 Å². The van der Waals surface area contributed by atoms with Crippen LogP contribution in [-0.2, 0) is 35.8 Å². The maximum absolute atomic E-state index is 12.1. The van der Waals surface area contributed by atoms with Crippen LogP contribution in [0.15, 0.2) is 60.9 Å². The SMILES string of the molecule is CCn1nccc1/C=C/C(=O)NCc1ccc(CNC(=O)/C=C/c2ccnn2CC)cc1. The van der Waals surface area contributed by atoms with E-state index in [1.165, 1.54) is 12.2 Å². The van der Waals surface area contributed by atoms with Crippen molar-refractivity contribution in [1.82, 2.24) is 30.2 Å². The molecule has 166 valence electrons. The molecule has 8 heteroatoms. The first kappa shape index (κ1) is 22.7. The Balaban J connectivity index is 1.42. The topological polar surface area (TPSA) is 93.8 Å². The highest BCUT2D eigenvalue weighted by Crippen LogP contribution is 2.06. The minimum absolute atomic E-state index is 0.165. The molecule has 0 aliphatic carbocycles. The first-order valence-corrected chi connectivity index (χ1v) is 10.6. The molecule has 8 nitrogen and oxygen atoms in total. The quantitative estimate of drug-likeness (QED) is 0.482. The highest BCUT2D eigenvalue weighted by Gasteiger charge is 2.02. The maximum Gasteiger partial charge on any atom is 0.244 e. The normalized spacial score (nSPS) is 11.3. The number of hydrogen-bond acceptors (Lipinski definition) is 4. The van der Waals surface area contributed by atoms with Crippen LogP contribution in [0.25, 0.3) is 12.2 Å². The van der Waals surface area contributed by atoms with Gasteiger partial charge >= 0.3 is 0 Å². The molecule has 0 radical (unpaired) electrons. The summed E-state index contributed by atoms with van der Waals surface area (Å²) in [4.78, 5) is 24.1. The first-order chi connectivity index (χ1) is 15.6. The second kappa shape index (κ2) is 11.5. The van der Waals surface area contributed by atoms with Crippen LogP contribution in [0.2, 0.25) is 0 Å². The fourth-order valence-corrected chi connectivity index (χ4v) is 3.09. The van der Waals surface area contributed by atoms with Crippen molar-refractivity contribution in [2.75, 3.05) is 0 Å². The van der Waals surface area contributed by atoms with Gasteiger partial charge in [-0.25, -0.2) is 0 Å². The van der Waals surface area contributed by atoms with Gasteiger partial charge in [0.2, 0.25) is 11.8 Å². The molecule has 0 aliphatic rings. The summed E-state index contributed by atoms with van der Waals surface area (Å²) in [6, 6.07) is 11.5. The monoisotopic (exact) mass is 432 g/mol. The molecular formula is C24H28N6O2. The van der Waals surface area contributed by atoms with Gasteiger partial charge in [-0.2, -0.15) is 10.2 Å². The van der Waals surface area contributed by atoms with Crippen molar-refractivity contribution in [3.8, 4) is 0 Å². The summed E-state index contributed by atoms with van der Waals surface area (Å²) in [5, 5.41) is 14.1. The molecule has 3 rings (SSSR count). The average molecular weight is 433 g/mol. The van der Waals surface area contributed by atoms with Crippen molar-refractivity contribution < 1.29 is 9.59 Å². The Morgan fingerprint density at radius 2 is 1.16 bits per heavy atom. The third kappa shape index (κ3) is 6.53. The number of hydrogen-bond donors (Lipinski definition) is 2. The van der Waals surface area contributed by atoms with Crippen LogP contribution in [-0.4, -0.2) is 31.4 Å². The van der Waals surface area contributed by atoms with E-state index in [1.807, 2.05) is 59.6 Å². The zero-order valence-corrected chi connectivity index (χ0v) is 18.4. The van der Waals surface area contributed by atoms with Crippen LogP contribution < -0.4 is 10.6 Å². The number of amides is 2. The van der Waals surface area contributed by atoms with E-state index in [0.29, 0.717) is 13.1 Å². The Hall–Kier alpha value is -3.94. The lowest BCUT2D eigenvalue weighted by atomic mass is 10.1. The summed E-state index contributed by atoms with van der Waals surface area (Å²) in [6.07, 6.45) is 9.94. The second-order valence-electron chi connectivity index (χ2n) is 7.06. The number of carbonyl (C=O) groups excluding carboxylic acids is 2. The zero-order chi connectivity index (χ0) is 22.8. The highest BCUT2D eigenvalue weighted by molar-refractivity contribution is 5.91. The number of carbonyl (C=O) groups is 2. The number of nitrogens with zero attached hydrogens (tertiary/aromatic N) is 4. The van der Waals surface area contributed by atoms with Gasteiger partial charge in [0, 0.05) is 50.7 Å². The molecule has 0 aliphatic heterocycles. The molecule has 32 heavy (non-hydrogen) atoms. The van der Waals surface area contributed by atoms with Crippen LogP contribution in [0.5, 0.6) is 0 Å². The Labute approximate surface area is 187 Å². The van der Waals surface area contributed by atoms with Gasteiger partial charge in [0.05, 0.1) is 11.4 Å². The van der Waals surface area contributed by atoms with Crippen molar-refractivity contribution in [2.45, 2.75) is 40.0 Å². The van der Waals surface area contributed by atoms with Gasteiger partial charge in [-0.1, -0.05) is 24.3 Å². The summed E-state index contributed by atoms with van der Waals surface area (Å²) in [5.41, 5.74) is 3.74. The molecule has 1 aromatic carbocycles. The highest BCUT2D eigenvalue weighted by atomic mass is 16.2. The molecule has 0 atom stereocenters. The Bertz CT molecular complexity index is 1000. The molecule has 0 fully saturated rings. The van der Waals surface area contributed by atoms with Crippen molar-refractivity contribution >= 4 is 24.0 Å². The molecule has 0 saturated heterocycles. The van der Waals surface area contributed by atoms with E-state index in [9.17, 15) is 9.59 Å². The van der Waals surface area contributed by atoms with E-state index in [4.69, 9.17) is 0 Å². The van der Waals surface area contributed by atoms with Crippen molar-refractivity contribution in [2.24, 2.45) is 0 Å². The zero-order valence-electron chi connectivity index (χ0n) is 18.4. The minimum Gasteiger partial charge on any atom is -0.348 e. The molecule has 2 N–H and O–H groups in total. The molecule has 2 aromatic heterocycles. The van der Waals surface area contributed by atoms with Gasteiger partial charge < -0.3 is 10.6 Å². The maximum atomic E-state index is 12.1. The lowest BCUT2D eigenvalue weighted by molar-refractivity contribution is -0.117. The third-order valence-corrected chi connectivity index (χ3v) is 4.87. The van der Waals surface area contributed by atoms with Gasteiger partial charge in [0.25, 0.3) is 0 Å². The van der Waals surface area contributed by atoms with Crippen molar-refractivity contribution in [1.29, 1.82) is 0 Å². The average Bonchev–Trinajstić information content (AvgIpc) is 3.47. The van der Waals surface area contributed by atoms with Crippen LogP contribution in [0.1, 0.15) is 36.4 Å². The number of aromatic nitrogens is 4. The predicted molar refractivity (Wildman–Crippen MR) is 124 cm³/mol. The molecular weight excluding hydrogens is 404 g/mol. The van der Waals surface area contributed by atoms with E-state index in [1.54, 1.807) is 24.5 Å². The van der Waals surface area contributed by atoms with Gasteiger partial charge in [0.1, 0.15) is 0 Å². The molecule has 0 spiro atoms. The van der Waals surface area contributed by atoms with Crippen LogP contribution >= 0.6 is 0 Å². The van der Waals surface area contributed by atoms with Gasteiger partial charge in [-0.15, -0.1) is 0 Å². The van der Waals surface area contributed by atoms with E-state index in [2.05, 4.69) is 20.8 Å². The minimum atomic E-state index is -0.165. The smallest absolute Gasteiger partial charge is 0.244 e. The lowest BCUT2D eigenvalue weighted by Crippen LogP contribution is -2.21. The van der Waals surface area contributed by atoms with E-state index in [-0.39, 0.29) is 11.8 Å². The van der Waals surface area contributed by atoms with Gasteiger partial charge in [0.15, 0.2) is 0 Å². The van der Waals surface area contributed by atoms with E-state index >= 15 is 0 Å². The Morgan fingerprint density at radius 3 is 1.53 bits per heavy atom. The Kier molecular flexibility index (Phi) is 8.14.